The second-order valence-electron chi connectivity index (χ2n) is 9.81. The number of nitrogens with zero attached hydrogens (tertiary/aromatic N) is 3. The number of ether oxygens (including phenoxy) is 2. The predicted octanol–water partition coefficient (Wildman–Crippen LogP) is 3.69. The van der Waals surface area contributed by atoms with Gasteiger partial charge in [-0.25, -0.2) is 13.4 Å². The molecular formula is C29H33N3O6S. The number of allylic oxidation sites excluding steroid dienone is 2. The Morgan fingerprint density at radius 1 is 0.923 bits per heavy atom. The van der Waals surface area contributed by atoms with Crippen LogP contribution in [0.5, 0.6) is 11.5 Å². The third kappa shape index (κ3) is 5.56. The van der Waals surface area contributed by atoms with E-state index in [1.54, 1.807) is 29.2 Å². The molecule has 5 rings (SSSR count). The van der Waals surface area contributed by atoms with Gasteiger partial charge in [-0.15, -0.1) is 0 Å². The number of carbonyl (C=O) groups excluding carboxylic acids is 2. The first kappa shape index (κ1) is 26.9. The normalized spacial score (nSPS) is 22.2. The van der Waals surface area contributed by atoms with Crippen LogP contribution in [0.25, 0.3) is 0 Å². The highest BCUT2D eigenvalue weighted by atomic mass is 32.2. The van der Waals surface area contributed by atoms with Gasteiger partial charge in [0, 0.05) is 30.1 Å². The molecule has 1 fully saturated rings. The standard InChI is InChI=1S/C29H33N3O6S/c1-3-37-25-14-11-21(19-26(25)38-4-2)27-23-7-5-6-8-24(23)29(34)32(30-27)22-12-9-20(10-13-22)28(33)31-15-17-39(35,36)18-16-31/h5-6,9-14,19,23-24H,3-4,7-8,15-18H2,1-2H3/t23-,24+/m1/s1. The molecule has 2 amide bonds. The molecule has 0 spiro atoms. The fourth-order valence-corrected chi connectivity index (χ4v) is 6.49. The van der Waals surface area contributed by atoms with Crippen molar-refractivity contribution in [2.75, 3.05) is 42.8 Å². The number of sulfone groups is 1. The van der Waals surface area contributed by atoms with E-state index in [4.69, 9.17) is 14.6 Å². The number of hydrogen-bond acceptors (Lipinski definition) is 7. The Bertz CT molecular complexity index is 1400. The molecule has 206 valence electrons. The van der Waals surface area contributed by atoms with E-state index in [-0.39, 0.29) is 48.2 Å². The van der Waals surface area contributed by atoms with Crippen molar-refractivity contribution in [1.82, 2.24) is 4.90 Å². The molecule has 1 aliphatic carbocycles. The van der Waals surface area contributed by atoms with Gasteiger partial charge in [0.2, 0.25) is 0 Å². The van der Waals surface area contributed by atoms with Crippen LogP contribution in [0, 0.1) is 11.8 Å². The fourth-order valence-electron chi connectivity index (χ4n) is 5.29. The number of hydrazone groups is 1. The van der Waals surface area contributed by atoms with Crippen LogP contribution in [0.2, 0.25) is 0 Å². The van der Waals surface area contributed by atoms with Crippen LogP contribution in [0.3, 0.4) is 0 Å². The molecule has 0 unspecified atom stereocenters. The van der Waals surface area contributed by atoms with E-state index in [1.807, 2.05) is 38.1 Å². The zero-order valence-electron chi connectivity index (χ0n) is 22.2. The lowest BCUT2D eigenvalue weighted by Gasteiger charge is -2.37. The molecule has 9 nitrogen and oxygen atoms in total. The Morgan fingerprint density at radius 3 is 2.23 bits per heavy atom. The molecule has 3 aliphatic rings. The second-order valence-corrected chi connectivity index (χ2v) is 12.1. The average Bonchev–Trinajstić information content (AvgIpc) is 2.94. The van der Waals surface area contributed by atoms with Gasteiger partial charge in [-0.2, -0.15) is 5.10 Å². The number of hydrogen-bond donors (Lipinski definition) is 0. The maximum atomic E-state index is 13.6. The van der Waals surface area contributed by atoms with Crippen LogP contribution in [0.1, 0.15) is 42.6 Å². The van der Waals surface area contributed by atoms with E-state index >= 15 is 0 Å². The number of amides is 2. The summed E-state index contributed by atoms with van der Waals surface area (Å²) in [7, 11) is -3.08. The van der Waals surface area contributed by atoms with Gasteiger partial charge < -0.3 is 14.4 Å². The van der Waals surface area contributed by atoms with Gasteiger partial charge >= 0.3 is 0 Å². The Balaban J connectivity index is 1.45. The second kappa shape index (κ2) is 11.2. The van der Waals surface area contributed by atoms with Gasteiger partial charge in [0.15, 0.2) is 21.3 Å². The van der Waals surface area contributed by atoms with Gasteiger partial charge in [0.05, 0.1) is 42.0 Å². The SMILES string of the molecule is CCOc1ccc(C2=NN(c3ccc(C(=O)N4CCS(=O)(=O)CC4)cc3)C(=O)[C@H]3CC=CC[C@@H]23)cc1OCC. The summed E-state index contributed by atoms with van der Waals surface area (Å²) in [5, 5.41) is 6.29. The Hall–Kier alpha value is -3.66. The maximum Gasteiger partial charge on any atom is 0.253 e. The van der Waals surface area contributed by atoms with Crippen molar-refractivity contribution < 1.29 is 27.5 Å². The molecule has 2 heterocycles. The van der Waals surface area contributed by atoms with Crippen LogP contribution >= 0.6 is 0 Å². The summed E-state index contributed by atoms with van der Waals surface area (Å²) in [5.74, 6) is 0.654. The number of carbonyl (C=O) groups is 2. The summed E-state index contributed by atoms with van der Waals surface area (Å²) < 4.78 is 35.0. The Labute approximate surface area is 229 Å². The summed E-state index contributed by atoms with van der Waals surface area (Å²) in [5.41, 5.74) is 2.69. The molecule has 0 bridgehead atoms. The Kier molecular flexibility index (Phi) is 7.74. The van der Waals surface area contributed by atoms with Gasteiger partial charge in [0.25, 0.3) is 11.8 Å². The third-order valence-electron chi connectivity index (χ3n) is 7.35. The van der Waals surface area contributed by atoms with Crippen LogP contribution < -0.4 is 14.5 Å². The molecule has 0 N–H and O–H groups in total. The molecule has 2 aromatic rings. The predicted molar refractivity (Wildman–Crippen MR) is 149 cm³/mol. The highest BCUT2D eigenvalue weighted by Crippen LogP contribution is 2.38. The summed E-state index contributed by atoms with van der Waals surface area (Å²) in [4.78, 5) is 28.1. The van der Waals surface area contributed by atoms with E-state index in [9.17, 15) is 18.0 Å². The van der Waals surface area contributed by atoms with E-state index in [1.165, 1.54) is 5.01 Å². The molecule has 2 atom stereocenters. The smallest absolute Gasteiger partial charge is 0.253 e. The van der Waals surface area contributed by atoms with Crippen LogP contribution in [0.15, 0.2) is 59.7 Å². The highest BCUT2D eigenvalue weighted by molar-refractivity contribution is 7.91. The molecular weight excluding hydrogens is 518 g/mol. The number of rotatable bonds is 7. The maximum absolute atomic E-state index is 13.6. The average molecular weight is 552 g/mol. The van der Waals surface area contributed by atoms with Crippen molar-refractivity contribution in [3.63, 3.8) is 0 Å². The quantitative estimate of drug-likeness (QED) is 0.486. The van der Waals surface area contributed by atoms with Gasteiger partial charge in [-0.1, -0.05) is 12.2 Å². The monoisotopic (exact) mass is 551 g/mol. The van der Waals surface area contributed by atoms with Crippen LogP contribution in [-0.2, 0) is 14.6 Å². The van der Waals surface area contributed by atoms with E-state index < -0.39 is 9.84 Å². The van der Waals surface area contributed by atoms with Crippen molar-refractivity contribution in [3.05, 3.63) is 65.7 Å². The topological polar surface area (TPSA) is 106 Å². The minimum absolute atomic E-state index is 0.0237. The largest absolute Gasteiger partial charge is 0.490 e. The molecule has 39 heavy (non-hydrogen) atoms. The number of benzene rings is 2. The van der Waals surface area contributed by atoms with Gasteiger partial charge in [0.1, 0.15) is 0 Å². The van der Waals surface area contributed by atoms with E-state index in [2.05, 4.69) is 6.08 Å². The van der Waals surface area contributed by atoms with Crippen molar-refractivity contribution in [3.8, 4) is 11.5 Å². The van der Waals surface area contributed by atoms with Crippen molar-refractivity contribution in [2.24, 2.45) is 16.9 Å². The van der Waals surface area contributed by atoms with E-state index in [0.29, 0.717) is 42.4 Å². The van der Waals surface area contributed by atoms with Crippen molar-refractivity contribution in [2.45, 2.75) is 26.7 Å². The van der Waals surface area contributed by atoms with Crippen molar-refractivity contribution >= 4 is 33.1 Å². The van der Waals surface area contributed by atoms with Gasteiger partial charge in [-0.05, 0) is 69.2 Å². The molecule has 0 aromatic heterocycles. The highest BCUT2D eigenvalue weighted by Gasteiger charge is 2.41. The first-order valence-corrected chi connectivity index (χ1v) is 15.2. The lowest BCUT2D eigenvalue weighted by atomic mass is 9.76. The Morgan fingerprint density at radius 2 is 1.56 bits per heavy atom. The minimum Gasteiger partial charge on any atom is -0.490 e. The van der Waals surface area contributed by atoms with Crippen LogP contribution in [0.4, 0.5) is 5.69 Å². The third-order valence-corrected chi connectivity index (χ3v) is 8.96. The molecule has 2 aliphatic heterocycles. The number of fused-ring (bicyclic) bond motifs is 1. The molecule has 10 heteroatoms. The first-order valence-electron chi connectivity index (χ1n) is 13.4. The van der Waals surface area contributed by atoms with Crippen LogP contribution in [-0.4, -0.2) is 68.7 Å². The lowest BCUT2D eigenvalue weighted by Crippen LogP contribution is -2.45. The lowest BCUT2D eigenvalue weighted by molar-refractivity contribution is -0.123. The zero-order chi connectivity index (χ0) is 27.6. The van der Waals surface area contributed by atoms with E-state index in [0.717, 1.165) is 17.7 Å². The molecule has 0 saturated carbocycles. The summed E-state index contributed by atoms with van der Waals surface area (Å²) in [6.07, 6.45) is 5.50. The first-order chi connectivity index (χ1) is 18.8. The summed E-state index contributed by atoms with van der Waals surface area (Å²) in [6.45, 7) is 5.23. The number of anilines is 1. The molecule has 0 radical (unpaired) electrons. The summed E-state index contributed by atoms with van der Waals surface area (Å²) >= 11 is 0. The molecule has 1 saturated heterocycles. The van der Waals surface area contributed by atoms with Gasteiger partial charge in [-0.3, -0.25) is 9.59 Å². The van der Waals surface area contributed by atoms with Crippen molar-refractivity contribution in [1.29, 1.82) is 0 Å². The minimum atomic E-state index is -3.08. The zero-order valence-corrected chi connectivity index (χ0v) is 23.0. The molecule has 2 aromatic carbocycles. The fraction of sp³-hybridized carbons (Fsp3) is 0.414. The summed E-state index contributed by atoms with van der Waals surface area (Å²) in [6, 6.07) is 12.5.